The van der Waals surface area contributed by atoms with E-state index in [1.165, 1.54) is 32.5 Å². The lowest BCUT2D eigenvalue weighted by Crippen LogP contribution is -2.55. The maximum absolute atomic E-state index is 11.6. The molecule has 1 aromatic heterocycles. The van der Waals surface area contributed by atoms with Gasteiger partial charge in [0.15, 0.2) is 23.7 Å². The van der Waals surface area contributed by atoms with Gasteiger partial charge in [-0.05, 0) is 18.6 Å². The molecule has 1 aliphatic heterocycles. The van der Waals surface area contributed by atoms with Crippen molar-refractivity contribution in [1.82, 2.24) is 4.98 Å². The summed E-state index contributed by atoms with van der Waals surface area (Å²) in [6.07, 6.45) is 0.529. The van der Waals surface area contributed by atoms with Crippen LogP contribution in [0, 0.1) is 6.92 Å². The first kappa shape index (κ1) is 20.0. The molecule has 0 aliphatic carbocycles. The molecule has 0 N–H and O–H groups in total. The lowest BCUT2D eigenvalue weighted by Gasteiger charge is -2.40. The molecular weight excluding hydrogens is 362 g/mol. The molecule has 0 radical (unpaired) electrons. The summed E-state index contributed by atoms with van der Waals surface area (Å²) in [7, 11) is 0. The Bertz CT molecular complexity index is 681. The summed E-state index contributed by atoms with van der Waals surface area (Å²) in [5.74, 6) is -0.814. The smallest absolute Gasteiger partial charge is 0.303 e. The Morgan fingerprint density at radius 3 is 2.23 bits per heavy atom. The minimum absolute atomic E-state index is 0.319. The van der Waals surface area contributed by atoms with Crippen molar-refractivity contribution in [3.63, 3.8) is 0 Å². The molecule has 0 amide bonds. The number of thioether (sulfide) groups is 1. The van der Waals surface area contributed by atoms with E-state index >= 15 is 0 Å². The minimum atomic E-state index is -0.969. The summed E-state index contributed by atoms with van der Waals surface area (Å²) < 4.78 is 21.9. The average molecular weight is 383 g/mol. The van der Waals surface area contributed by atoms with Crippen LogP contribution < -0.4 is 4.74 Å². The summed E-state index contributed by atoms with van der Waals surface area (Å²) in [5.41, 5.74) is 0.200. The number of carbonyl (C=O) groups is 3. The van der Waals surface area contributed by atoms with E-state index in [-0.39, 0.29) is 0 Å². The van der Waals surface area contributed by atoms with Gasteiger partial charge in [0.05, 0.1) is 6.20 Å². The molecule has 0 spiro atoms. The first-order valence-electron chi connectivity index (χ1n) is 7.98. The van der Waals surface area contributed by atoms with E-state index in [9.17, 15) is 14.4 Å². The van der Waals surface area contributed by atoms with E-state index in [1.54, 1.807) is 18.5 Å². The Kier molecular flexibility index (Phi) is 6.84. The van der Waals surface area contributed by atoms with E-state index in [0.29, 0.717) is 11.5 Å². The fourth-order valence-electron chi connectivity index (χ4n) is 2.51. The maximum Gasteiger partial charge on any atom is 0.303 e. The number of aromatic nitrogens is 1. The quantitative estimate of drug-likeness (QED) is 0.554. The third kappa shape index (κ3) is 5.35. The summed E-state index contributed by atoms with van der Waals surface area (Å²) >= 11 is 1.30. The molecular formula is C17H21NO7S. The van der Waals surface area contributed by atoms with Gasteiger partial charge in [-0.1, -0.05) is 0 Å². The van der Waals surface area contributed by atoms with Gasteiger partial charge in [0.2, 0.25) is 0 Å². The van der Waals surface area contributed by atoms with Gasteiger partial charge in [-0.2, -0.15) is 0 Å². The van der Waals surface area contributed by atoms with Crippen LogP contribution in [-0.2, 0) is 28.6 Å². The Morgan fingerprint density at radius 2 is 1.65 bits per heavy atom. The lowest BCUT2D eigenvalue weighted by atomic mass is 10.1. The highest BCUT2D eigenvalue weighted by molar-refractivity contribution is 7.99. The molecule has 9 heteroatoms. The van der Waals surface area contributed by atoms with Crippen LogP contribution in [0.25, 0.3) is 0 Å². The molecule has 1 aliphatic rings. The summed E-state index contributed by atoms with van der Waals surface area (Å²) in [5, 5.41) is 0. The molecule has 0 bridgehead atoms. The lowest BCUT2D eigenvalue weighted by molar-refractivity contribution is -0.186. The first-order valence-corrected chi connectivity index (χ1v) is 9.03. The zero-order valence-corrected chi connectivity index (χ0v) is 15.8. The van der Waals surface area contributed by atoms with Crippen molar-refractivity contribution < 1.29 is 33.3 Å². The highest BCUT2D eigenvalue weighted by Gasteiger charge is 2.47. The zero-order valence-electron chi connectivity index (χ0n) is 15.0. The summed E-state index contributed by atoms with van der Waals surface area (Å²) in [4.78, 5) is 38.5. The molecule has 2 rings (SSSR count). The molecule has 142 valence electrons. The van der Waals surface area contributed by atoms with Gasteiger partial charge in [0, 0.05) is 32.7 Å². The van der Waals surface area contributed by atoms with Gasteiger partial charge in [0.1, 0.15) is 5.75 Å². The van der Waals surface area contributed by atoms with Crippen LogP contribution in [0.15, 0.2) is 18.5 Å². The molecule has 0 unspecified atom stereocenters. The fraction of sp³-hybridized carbons (Fsp3) is 0.529. The third-order valence-electron chi connectivity index (χ3n) is 3.54. The Labute approximate surface area is 155 Å². The number of ether oxygens (including phenoxy) is 4. The second-order valence-electron chi connectivity index (χ2n) is 5.76. The SMILES string of the molecule is CC(=O)O[C@@H]1[C@@H](OC(C)=O)[C@@H](Oc2cnccc2C)SC[C@H]1OC(C)=O. The molecule has 26 heavy (non-hydrogen) atoms. The van der Waals surface area contributed by atoms with Crippen molar-refractivity contribution in [2.24, 2.45) is 0 Å². The van der Waals surface area contributed by atoms with Crippen LogP contribution in [0.5, 0.6) is 5.75 Å². The first-order chi connectivity index (χ1) is 12.3. The van der Waals surface area contributed by atoms with Crippen molar-refractivity contribution in [3.05, 3.63) is 24.0 Å². The van der Waals surface area contributed by atoms with Crippen LogP contribution in [-0.4, -0.2) is 52.4 Å². The Balaban J connectivity index is 2.29. The molecule has 1 fully saturated rings. The summed E-state index contributed by atoms with van der Waals surface area (Å²) in [6.45, 7) is 5.60. The molecule has 4 atom stereocenters. The number of nitrogens with zero attached hydrogens (tertiary/aromatic N) is 1. The van der Waals surface area contributed by atoms with E-state index < -0.39 is 41.7 Å². The number of carbonyl (C=O) groups excluding carboxylic acids is 3. The van der Waals surface area contributed by atoms with Crippen molar-refractivity contribution >= 4 is 29.7 Å². The predicted molar refractivity (Wildman–Crippen MR) is 92.5 cm³/mol. The number of pyridine rings is 1. The molecule has 1 aromatic rings. The van der Waals surface area contributed by atoms with Crippen LogP contribution in [0.4, 0.5) is 0 Å². The normalized spacial score (nSPS) is 25.1. The van der Waals surface area contributed by atoms with Crippen LogP contribution >= 0.6 is 11.8 Å². The van der Waals surface area contributed by atoms with Crippen LogP contribution in [0.1, 0.15) is 26.3 Å². The Hall–Kier alpha value is -2.29. The van der Waals surface area contributed by atoms with Crippen LogP contribution in [0.3, 0.4) is 0 Å². The summed E-state index contributed by atoms with van der Waals surface area (Å²) in [6, 6.07) is 1.79. The number of hydrogen-bond acceptors (Lipinski definition) is 9. The van der Waals surface area contributed by atoms with Gasteiger partial charge in [0.25, 0.3) is 0 Å². The number of esters is 3. The van der Waals surface area contributed by atoms with Crippen molar-refractivity contribution in [2.45, 2.75) is 51.4 Å². The average Bonchev–Trinajstić information content (AvgIpc) is 2.53. The molecule has 1 saturated heterocycles. The second-order valence-corrected chi connectivity index (χ2v) is 6.89. The van der Waals surface area contributed by atoms with Gasteiger partial charge >= 0.3 is 17.9 Å². The van der Waals surface area contributed by atoms with Gasteiger partial charge < -0.3 is 18.9 Å². The van der Waals surface area contributed by atoms with Crippen molar-refractivity contribution in [1.29, 1.82) is 0 Å². The highest BCUT2D eigenvalue weighted by Crippen LogP contribution is 2.34. The zero-order chi connectivity index (χ0) is 19.3. The fourth-order valence-corrected chi connectivity index (χ4v) is 3.72. The minimum Gasteiger partial charge on any atom is -0.474 e. The standard InChI is InChI=1S/C17H21NO7S/c1-9-5-6-18-7-13(9)25-17-16(24-12(4)21)15(23-11(3)20)14(8-26-17)22-10(2)19/h5-7,14-17H,8H2,1-4H3/t14-,15+,16-,17+/m1/s1. The Morgan fingerprint density at radius 1 is 1.04 bits per heavy atom. The molecule has 8 nitrogen and oxygen atoms in total. The van der Waals surface area contributed by atoms with E-state index in [2.05, 4.69) is 4.98 Å². The molecule has 0 aromatic carbocycles. The van der Waals surface area contributed by atoms with E-state index in [4.69, 9.17) is 18.9 Å². The molecule has 2 heterocycles. The van der Waals surface area contributed by atoms with Crippen LogP contribution in [0.2, 0.25) is 0 Å². The third-order valence-corrected chi connectivity index (χ3v) is 4.75. The second kappa shape index (κ2) is 8.88. The van der Waals surface area contributed by atoms with Gasteiger partial charge in [-0.25, -0.2) is 0 Å². The van der Waals surface area contributed by atoms with Gasteiger partial charge in [-0.3, -0.25) is 19.4 Å². The monoisotopic (exact) mass is 383 g/mol. The van der Waals surface area contributed by atoms with Crippen molar-refractivity contribution in [2.75, 3.05) is 5.75 Å². The largest absolute Gasteiger partial charge is 0.474 e. The van der Waals surface area contributed by atoms with Crippen molar-refractivity contribution in [3.8, 4) is 5.75 Å². The highest BCUT2D eigenvalue weighted by atomic mass is 32.2. The number of rotatable bonds is 5. The molecule has 0 saturated carbocycles. The van der Waals surface area contributed by atoms with E-state index in [1.807, 2.05) is 6.92 Å². The predicted octanol–water partition coefficient (Wildman–Crippen LogP) is 1.64. The maximum atomic E-state index is 11.6. The van der Waals surface area contributed by atoms with Gasteiger partial charge in [-0.15, -0.1) is 11.8 Å². The van der Waals surface area contributed by atoms with E-state index in [0.717, 1.165) is 5.56 Å². The number of hydrogen-bond donors (Lipinski definition) is 0. The number of aryl methyl sites for hydroxylation is 1. The topological polar surface area (TPSA) is 101 Å².